The number of amides is 1. The maximum Gasteiger partial charge on any atom is 0.258 e. The number of carbonyl (C=O) groups is 1. The topological polar surface area (TPSA) is 94.8 Å². The van der Waals surface area contributed by atoms with E-state index in [1.807, 2.05) is 17.5 Å². The van der Waals surface area contributed by atoms with Gasteiger partial charge < -0.3 is 14.8 Å². The Hall–Kier alpha value is -3.37. The van der Waals surface area contributed by atoms with Crippen molar-refractivity contribution in [1.29, 1.82) is 0 Å². The zero-order valence-corrected chi connectivity index (χ0v) is 18.8. The molecular weight excluding hydrogens is 448 g/mol. The van der Waals surface area contributed by atoms with Crippen LogP contribution in [0.25, 0.3) is 4.96 Å². The van der Waals surface area contributed by atoms with Crippen molar-refractivity contribution in [1.82, 2.24) is 14.4 Å². The molecule has 164 valence electrons. The smallest absolute Gasteiger partial charge is 0.258 e. The lowest BCUT2D eigenvalue weighted by Crippen LogP contribution is -2.15. The van der Waals surface area contributed by atoms with Gasteiger partial charge in [-0.1, -0.05) is 0 Å². The second-order valence-corrected chi connectivity index (χ2v) is 8.55. The Labute approximate surface area is 192 Å². The molecule has 0 saturated heterocycles. The predicted molar refractivity (Wildman–Crippen MR) is 126 cm³/mol. The lowest BCUT2D eigenvalue weighted by molar-refractivity contribution is -0.113. The van der Waals surface area contributed by atoms with Crippen molar-refractivity contribution in [3.8, 4) is 11.5 Å². The molecule has 0 fully saturated rings. The van der Waals surface area contributed by atoms with E-state index in [-0.39, 0.29) is 17.2 Å². The minimum atomic E-state index is -0.158. The summed E-state index contributed by atoms with van der Waals surface area (Å²) in [6.07, 6.45) is 5.10. The Morgan fingerprint density at radius 3 is 2.84 bits per heavy atom. The normalized spacial score (nSPS) is 10.8. The van der Waals surface area contributed by atoms with Crippen molar-refractivity contribution in [2.45, 2.75) is 12.4 Å². The number of anilines is 1. The molecule has 0 aliphatic heterocycles. The molecule has 0 aliphatic carbocycles. The zero-order chi connectivity index (χ0) is 22.3. The number of thiazole rings is 1. The molecule has 1 N–H and O–H groups in total. The van der Waals surface area contributed by atoms with Gasteiger partial charge in [-0.3, -0.25) is 19.0 Å². The van der Waals surface area contributed by atoms with Gasteiger partial charge in [0.25, 0.3) is 5.56 Å². The summed E-state index contributed by atoms with van der Waals surface area (Å²) in [5.74, 6) is 1.65. The van der Waals surface area contributed by atoms with Crippen molar-refractivity contribution in [3.63, 3.8) is 0 Å². The second-order valence-electron chi connectivity index (χ2n) is 6.69. The summed E-state index contributed by atoms with van der Waals surface area (Å²) >= 11 is 2.80. The van der Waals surface area contributed by atoms with Crippen molar-refractivity contribution in [3.05, 3.63) is 82.0 Å². The van der Waals surface area contributed by atoms with Crippen LogP contribution >= 0.6 is 23.1 Å². The lowest BCUT2D eigenvalue weighted by atomic mass is 10.2. The van der Waals surface area contributed by atoms with Gasteiger partial charge in [-0.25, -0.2) is 4.98 Å². The van der Waals surface area contributed by atoms with Crippen LogP contribution in [0.4, 0.5) is 5.69 Å². The molecule has 0 radical (unpaired) electrons. The van der Waals surface area contributed by atoms with Crippen LogP contribution in [0.1, 0.15) is 11.3 Å². The van der Waals surface area contributed by atoms with Crippen molar-refractivity contribution >= 4 is 39.7 Å². The molecule has 10 heteroatoms. The molecule has 3 aromatic heterocycles. The first-order valence-electron chi connectivity index (χ1n) is 9.65. The summed E-state index contributed by atoms with van der Waals surface area (Å²) in [5.41, 5.74) is 2.12. The van der Waals surface area contributed by atoms with E-state index in [4.69, 9.17) is 9.47 Å². The van der Waals surface area contributed by atoms with E-state index in [0.29, 0.717) is 40.2 Å². The molecule has 0 aliphatic rings. The number of methoxy groups -OCH3 is 1. The van der Waals surface area contributed by atoms with Gasteiger partial charge in [-0.2, -0.15) is 0 Å². The van der Waals surface area contributed by atoms with Crippen LogP contribution in [-0.2, 0) is 17.2 Å². The summed E-state index contributed by atoms with van der Waals surface area (Å²) in [6, 6.07) is 10.5. The molecule has 0 bridgehead atoms. The van der Waals surface area contributed by atoms with Gasteiger partial charge in [-0.15, -0.1) is 23.1 Å². The van der Waals surface area contributed by atoms with E-state index in [1.54, 1.807) is 43.9 Å². The van der Waals surface area contributed by atoms with Gasteiger partial charge >= 0.3 is 0 Å². The molecule has 8 nitrogen and oxygen atoms in total. The number of aromatic nitrogens is 3. The molecule has 0 atom stereocenters. The van der Waals surface area contributed by atoms with Crippen LogP contribution in [0.15, 0.2) is 65.2 Å². The predicted octanol–water partition coefficient (Wildman–Crippen LogP) is 3.61. The van der Waals surface area contributed by atoms with E-state index in [2.05, 4.69) is 15.3 Å². The Morgan fingerprint density at radius 1 is 1.19 bits per heavy atom. The number of rotatable bonds is 9. The van der Waals surface area contributed by atoms with Gasteiger partial charge in [0.05, 0.1) is 18.6 Å². The molecule has 32 heavy (non-hydrogen) atoms. The molecule has 0 unspecified atom stereocenters. The van der Waals surface area contributed by atoms with Gasteiger partial charge in [0.2, 0.25) is 5.91 Å². The number of hydrogen-bond donors (Lipinski definition) is 1. The van der Waals surface area contributed by atoms with E-state index in [0.717, 1.165) is 5.56 Å². The van der Waals surface area contributed by atoms with E-state index < -0.39 is 0 Å². The Balaban J connectivity index is 1.33. The van der Waals surface area contributed by atoms with Crippen LogP contribution in [0, 0.1) is 0 Å². The third kappa shape index (κ3) is 5.45. The highest BCUT2D eigenvalue weighted by Gasteiger charge is 2.10. The number of carbonyl (C=O) groups excluding carboxylic acids is 1. The van der Waals surface area contributed by atoms with Gasteiger partial charge in [0.15, 0.2) is 16.5 Å². The largest absolute Gasteiger partial charge is 0.493 e. The average Bonchev–Trinajstić information content (AvgIpc) is 3.28. The Morgan fingerprint density at radius 2 is 2.03 bits per heavy atom. The number of hydrogen-bond acceptors (Lipinski definition) is 8. The van der Waals surface area contributed by atoms with Gasteiger partial charge in [0.1, 0.15) is 6.61 Å². The van der Waals surface area contributed by atoms with Gasteiger partial charge in [0, 0.05) is 47.5 Å². The maximum atomic E-state index is 12.4. The summed E-state index contributed by atoms with van der Waals surface area (Å²) in [6.45, 7) is 0.355. The second kappa shape index (κ2) is 10.3. The van der Waals surface area contributed by atoms with Crippen LogP contribution in [0.5, 0.6) is 11.5 Å². The maximum absolute atomic E-state index is 12.4. The highest BCUT2D eigenvalue weighted by Crippen LogP contribution is 2.31. The fourth-order valence-electron chi connectivity index (χ4n) is 2.91. The van der Waals surface area contributed by atoms with Crippen LogP contribution < -0.4 is 20.3 Å². The van der Waals surface area contributed by atoms with Crippen molar-refractivity contribution in [2.24, 2.45) is 0 Å². The third-order valence-corrected chi connectivity index (χ3v) is 6.15. The average molecular weight is 469 g/mol. The summed E-state index contributed by atoms with van der Waals surface area (Å²) in [7, 11) is 1.57. The molecule has 0 saturated carbocycles. The van der Waals surface area contributed by atoms with Crippen molar-refractivity contribution in [2.75, 3.05) is 18.2 Å². The summed E-state index contributed by atoms with van der Waals surface area (Å²) < 4.78 is 12.7. The molecule has 1 aromatic carbocycles. The molecule has 0 spiro atoms. The SMILES string of the molecule is COc1ccc(NC(=O)CSCc2cc(=O)n3ccsc3n2)cc1OCc1ccncc1. The monoisotopic (exact) mass is 468 g/mol. The first-order valence-corrected chi connectivity index (χ1v) is 11.7. The fourth-order valence-corrected chi connectivity index (χ4v) is 4.37. The standard InChI is InChI=1S/C22H20N4O4S2/c1-29-18-3-2-16(10-19(18)30-12-15-4-6-23-7-5-15)24-20(27)14-31-13-17-11-21(28)26-8-9-32-22(26)25-17/h2-11H,12-14H2,1H3,(H,24,27). The minimum absolute atomic E-state index is 0.117. The fraction of sp³-hybridized carbons (Fsp3) is 0.182. The number of benzene rings is 1. The van der Waals surface area contributed by atoms with Gasteiger partial charge in [-0.05, 0) is 29.8 Å². The Kier molecular flexibility index (Phi) is 7.03. The van der Waals surface area contributed by atoms with Crippen molar-refractivity contribution < 1.29 is 14.3 Å². The first-order chi connectivity index (χ1) is 15.6. The van der Waals surface area contributed by atoms with E-state index in [9.17, 15) is 9.59 Å². The van der Waals surface area contributed by atoms with E-state index in [1.165, 1.54) is 33.6 Å². The molecule has 1 amide bonds. The molecular formula is C22H20N4O4S2. The van der Waals surface area contributed by atoms with Crippen LogP contribution in [0.3, 0.4) is 0 Å². The number of pyridine rings is 1. The number of ether oxygens (including phenoxy) is 2. The first kappa shape index (κ1) is 21.8. The minimum Gasteiger partial charge on any atom is -0.493 e. The van der Waals surface area contributed by atoms with Crippen LogP contribution in [0.2, 0.25) is 0 Å². The van der Waals surface area contributed by atoms with E-state index >= 15 is 0 Å². The summed E-state index contributed by atoms with van der Waals surface area (Å²) in [5, 5.41) is 4.68. The number of nitrogens with one attached hydrogen (secondary N) is 1. The highest BCUT2D eigenvalue weighted by atomic mass is 32.2. The quantitative estimate of drug-likeness (QED) is 0.401. The Bertz CT molecular complexity index is 1270. The molecule has 4 aromatic rings. The molecule has 3 heterocycles. The van der Waals surface area contributed by atoms with Crippen LogP contribution in [-0.4, -0.2) is 33.1 Å². The summed E-state index contributed by atoms with van der Waals surface area (Å²) in [4.78, 5) is 33.5. The molecule has 4 rings (SSSR count). The highest BCUT2D eigenvalue weighted by molar-refractivity contribution is 7.99. The number of fused-ring (bicyclic) bond motifs is 1. The number of thioether (sulfide) groups is 1. The number of nitrogens with zero attached hydrogens (tertiary/aromatic N) is 3. The lowest BCUT2D eigenvalue weighted by Gasteiger charge is -2.13. The third-order valence-electron chi connectivity index (χ3n) is 4.43. The zero-order valence-electron chi connectivity index (χ0n) is 17.2.